The first-order valence-electron chi connectivity index (χ1n) is 13.0. The monoisotopic (exact) mass is 548 g/mol. The van der Waals surface area contributed by atoms with Gasteiger partial charge in [-0.2, -0.15) is 5.26 Å². The summed E-state index contributed by atoms with van der Waals surface area (Å²) < 4.78 is 23.0. The molecule has 0 spiro atoms. The highest BCUT2D eigenvalue weighted by atomic mass is 16.5. The van der Waals surface area contributed by atoms with Gasteiger partial charge < -0.3 is 24.3 Å². The molecule has 4 aromatic carbocycles. The molecule has 41 heavy (non-hydrogen) atoms. The lowest BCUT2D eigenvalue weighted by atomic mass is 10.1. The number of ether oxygens (including phenoxy) is 4. The Labute approximate surface area is 240 Å². The van der Waals surface area contributed by atoms with Crippen molar-refractivity contribution >= 4 is 17.7 Å². The van der Waals surface area contributed by atoms with Gasteiger partial charge in [0, 0.05) is 5.69 Å². The molecule has 0 aromatic heterocycles. The van der Waals surface area contributed by atoms with E-state index < -0.39 is 5.91 Å². The maximum absolute atomic E-state index is 12.8. The standard InChI is InChI=1S/C34H32N2O5/c1-23-10-13-29(24(2)16-23)36-34(37)28(20-35)17-26-11-14-30(32(18-26)38-3)41-22-27-12-15-31(33(19-27)39-4)40-21-25-8-6-5-7-9-25/h5-19H,21-22H2,1-4H3,(H,36,37)/b28-17+. The second-order valence-corrected chi connectivity index (χ2v) is 9.40. The van der Waals surface area contributed by atoms with Crippen molar-refractivity contribution in [3.8, 4) is 29.1 Å². The number of benzene rings is 4. The number of anilines is 1. The lowest BCUT2D eigenvalue weighted by Crippen LogP contribution is -2.14. The molecule has 0 aliphatic carbocycles. The van der Waals surface area contributed by atoms with Crippen LogP contribution >= 0.6 is 0 Å². The third kappa shape index (κ3) is 7.68. The predicted octanol–water partition coefficient (Wildman–Crippen LogP) is 7.02. The zero-order valence-corrected chi connectivity index (χ0v) is 23.6. The van der Waals surface area contributed by atoms with Gasteiger partial charge in [0.2, 0.25) is 0 Å². The highest BCUT2D eigenvalue weighted by molar-refractivity contribution is 6.10. The van der Waals surface area contributed by atoms with Gasteiger partial charge in [-0.3, -0.25) is 4.79 Å². The zero-order chi connectivity index (χ0) is 29.2. The SMILES string of the molecule is COc1cc(/C=C(\C#N)C(=O)Nc2ccc(C)cc2C)ccc1OCc1ccc(OCc2ccccc2)c(OC)c1. The van der Waals surface area contributed by atoms with E-state index in [1.165, 1.54) is 13.2 Å². The van der Waals surface area contributed by atoms with E-state index in [0.717, 1.165) is 22.3 Å². The summed E-state index contributed by atoms with van der Waals surface area (Å²) in [4.78, 5) is 12.8. The van der Waals surface area contributed by atoms with Crippen LogP contribution in [0.3, 0.4) is 0 Å². The van der Waals surface area contributed by atoms with Crippen molar-refractivity contribution < 1.29 is 23.7 Å². The summed E-state index contributed by atoms with van der Waals surface area (Å²) in [5, 5.41) is 12.5. The van der Waals surface area contributed by atoms with Crippen LogP contribution in [0.5, 0.6) is 23.0 Å². The van der Waals surface area contributed by atoms with Gasteiger partial charge >= 0.3 is 0 Å². The molecule has 4 rings (SSSR count). The van der Waals surface area contributed by atoms with Crippen LogP contribution in [-0.2, 0) is 18.0 Å². The molecule has 0 heterocycles. The van der Waals surface area contributed by atoms with Crippen molar-refractivity contribution in [1.82, 2.24) is 0 Å². The molecule has 0 fully saturated rings. The number of hydrogen-bond acceptors (Lipinski definition) is 6. The topological polar surface area (TPSA) is 89.8 Å². The molecule has 0 unspecified atom stereocenters. The fraction of sp³-hybridized carbons (Fsp3) is 0.176. The minimum atomic E-state index is -0.483. The van der Waals surface area contributed by atoms with E-state index in [1.54, 1.807) is 25.3 Å². The van der Waals surface area contributed by atoms with Crippen LogP contribution in [0.15, 0.2) is 90.5 Å². The van der Waals surface area contributed by atoms with Crippen molar-refractivity contribution in [3.63, 3.8) is 0 Å². The van der Waals surface area contributed by atoms with Crippen LogP contribution in [0, 0.1) is 25.2 Å². The quantitative estimate of drug-likeness (QED) is 0.160. The third-order valence-corrected chi connectivity index (χ3v) is 6.35. The molecule has 0 radical (unpaired) electrons. The Morgan fingerprint density at radius 2 is 1.44 bits per heavy atom. The second kappa shape index (κ2) is 13.7. The van der Waals surface area contributed by atoms with Crippen LogP contribution in [0.1, 0.15) is 27.8 Å². The number of nitriles is 1. The summed E-state index contributed by atoms with van der Waals surface area (Å²) in [6, 6.07) is 28.5. The van der Waals surface area contributed by atoms with Crippen molar-refractivity contribution in [1.29, 1.82) is 5.26 Å². The van der Waals surface area contributed by atoms with E-state index in [9.17, 15) is 10.1 Å². The van der Waals surface area contributed by atoms with Crippen molar-refractivity contribution in [2.24, 2.45) is 0 Å². The molecule has 0 atom stereocenters. The number of methoxy groups -OCH3 is 2. The molecule has 7 nitrogen and oxygen atoms in total. The largest absolute Gasteiger partial charge is 0.493 e. The Hall–Kier alpha value is -5.22. The van der Waals surface area contributed by atoms with Gasteiger partial charge in [-0.15, -0.1) is 0 Å². The number of nitrogens with one attached hydrogen (secondary N) is 1. The van der Waals surface area contributed by atoms with Crippen molar-refractivity contribution in [2.45, 2.75) is 27.1 Å². The number of hydrogen-bond donors (Lipinski definition) is 1. The highest BCUT2D eigenvalue weighted by Gasteiger charge is 2.13. The first kappa shape index (κ1) is 28.8. The Balaban J connectivity index is 1.43. The molecule has 0 saturated carbocycles. The summed E-state index contributed by atoms with van der Waals surface area (Å²) in [6.45, 7) is 4.59. The molecule has 0 saturated heterocycles. The molecular formula is C34H32N2O5. The van der Waals surface area contributed by atoms with Crippen LogP contribution in [0.25, 0.3) is 6.08 Å². The predicted molar refractivity (Wildman–Crippen MR) is 159 cm³/mol. The van der Waals surface area contributed by atoms with E-state index in [0.29, 0.717) is 40.9 Å². The second-order valence-electron chi connectivity index (χ2n) is 9.40. The summed E-state index contributed by atoms with van der Waals surface area (Å²) in [5.74, 6) is 1.76. The normalized spacial score (nSPS) is 10.9. The van der Waals surface area contributed by atoms with Gasteiger partial charge in [-0.25, -0.2) is 0 Å². The fourth-order valence-corrected chi connectivity index (χ4v) is 4.17. The Kier molecular flexibility index (Phi) is 9.63. The molecule has 4 aromatic rings. The van der Waals surface area contributed by atoms with Gasteiger partial charge in [0.05, 0.1) is 14.2 Å². The number of carbonyl (C=O) groups excluding carboxylic acids is 1. The molecule has 0 aliphatic heterocycles. The minimum Gasteiger partial charge on any atom is -0.493 e. The summed E-state index contributed by atoms with van der Waals surface area (Å²) >= 11 is 0. The first-order chi connectivity index (χ1) is 19.9. The van der Waals surface area contributed by atoms with E-state index in [4.69, 9.17) is 18.9 Å². The summed E-state index contributed by atoms with van der Waals surface area (Å²) in [6.07, 6.45) is 1.52. The van der Waals surface area contributed by atoms with Gasteiger partial charge in [-0.1, -0.05) is 60.2 Å². The van der Waals surface area contributed by atoms with E-state index in [1.807, 2.05) is 86.6 Å². The number of aryl methyl sites for hydroxylation is 2. The Morgan fingerprint density at radius 3 is 2.10 bits per heavy atom. The zero-order valence-electron chi connectivity index (χ0n) is 23.6. The van der Waals surface area contributed by atoms with Gasteiger partial charge in [0.15, 0.2) is 23.0 Å². The van der Waals surface area contributed by atoms with Gasteiger partial charge in [0.1, 0.15) is 24.9 Å². The van der Waals surface area contributed by atoms with E-state index in [-0.39, 0.29) is 12.2 Å². The number of amides is 1. The van der Waals surface area contributed by atoms with Gasteiger partial charge in [-0.05, 0) is 72.5 Å². The van der Waals surface area contributed by atoms with E-state index in [2.05, 4.69) is 5.32 Å². The minimum absolute atomic E-state index is 0.0256. The van der Waals surface area contributed by atoms with Gasteiger partial charge in [0.25, 0.3) is 5.91 Å². The maximum Gasteiger partial charge on any atom is 0.266 e. The number of rotatable bonds is 11. The molecule has 208 valence electrons. The van der Waals surface area contributed by atoms with Crippen LogP contribution in [-0.4, -0.2) is 20.1 Å². The average molecular weight is 549 g/mol. The number of carbonyl (C=O) groups is 1. The lowest BCUT2D eigenvalue weighted by molar-refractivity contribution is -0.112. The third-order valence-electron chi connectivity index (χ3n) is 6.35. The van der Waals surface area contributed by atoms with Crippen LogP contribution < -0.4 is 24.3 Å². The molecule has 7 heteroatoms. The summed E-state index contributed by atoms with van der Waals surface area (Å²) in [5.41, 5.74) is 5.23. The number of nitrogens with zero attached hydrogens (tertiary/aromatic N) is 1. The fourth-order valence-electron chi connectivity index (χ4n) is 4.17. The average Bonchev–Trinajstić information content (AvgIpc) is 2.99. The smallest absolute Gasteiger partial charge is 0.266 e. The summed E-state index contributed by atoms with van der Waals surface area (Å²) in [7, 11) is 3.14. The Bertz CT molecular complexity index is 1590. The molecular weight excluding hydrogens is 516 g/mol. The molecule has 1 N–H and O–H groups in total. The van der Waals surface area contributed by atoms with Crippen LogP contribution in [0.2, 0.25) is 0 Å². The van der Waals surface area contributed by atoms with Crippen molar-refractivity contribution in [3.05, 3.63) is 118 Å². The lowest BCUT2D eigenvalue weighted by Gasteiger charge is -2.14. The molecule has 1 amide bonds. The van der Waals surface area contributed by atoms with Crippen LogP contribution in [0.4, 0.5) is 5.69 Å². The molecule has 0 aliphatic rings. The first-order valence-corrected chi connectivity index (χ1v) is 13.0. The maximum atomic E-state index is 12.8. The Morgan fingerprint density at radius 1 is 0.780 bits per heavy atom. The molecule has 0 bridgehead atoms. The van der Waals surface area contributed by atoms with E-state index >= 15 is 0 Å². The highest BCUT2D eigenvalue weighted by Crippen LogP contribution is 2.32. The van der Waals surface area contributed by atoms with Crippen molar-refractivity contribution in [2.75, 3.05) is 19.5 Å².